The highest BCUT2D eigenvalue weighted by Crippen LogP contribution is 2.33. The zero-order chi connectivity index (χ0) is 24.1. The molecule has 1 heterocycles. The number of benzene rings is 2. The number of nitrogens with one attached hydrogen (secondary N) is 2. The zero-order valence-electron chi connectivity index (χ0n) is 20.4. The van der Waals surface area contributed by atoms with Crippen LogP contribution in [-0.4, -0.2) is 48.5 Å². The quantitative estimate of drug-likeness (QED) is 0.600. The monoisotopic (exact) mass is 461 g/mol. The van der Waals surface area contributed by atoms with Crippen molar-refractivity contribution in [1.29, 1.82) is 0 Å². The van der Waals surface area contributed by atoms with Crippen LogP contribution < -0.4 is 15.5 Å². The Morgan fingerprint density at radius 1 is 1.15 bits per heavy atom. The van der Waals surface area contributed by atoms with E-state index >= 15 is 0 Å². The van der Waals surface area contributed by atoms with Crippen LogP contribution in [0, 0.1) is 6.92 Å². The number of amides is 3. The van der Waals surface area contributed by atoms with Crippen LogP contribution in [0.5, 0.6) is 0 Å². The number of para-hydroxylation sites is 1. The second-order valence-corrected chi connectivity index (χ2v) is 9.29. The predicted octanol–water partition coefficient (Wildman–Crippen LogP) is 4.91. The molecule has 2 aliphatic rings. The first kappa shape index (κ1) is 24.0. The van der Waals surface area contributed by atoms with Crippen LogP contribution >= 0.6 is 0 Å². The lowest BCUT2D eigenvalue weighted by Gasteiger charge is -2.45. The van der Waals surface area contributed by atoms with E-state index in [0.717, 1.165) is 48.9 Å². The van der Waals surface area contributed by atoms with E-state index in [4.69, 9.17) is 4.99 Å². The van der Waals surface area contributed by atoms with Gasteiger partial charge in [-0.25, -0.2) is 9.79 Å². The third-order valence-corrected chi connectivity index (χ3v) is 6.75. The SMILES string of the molecule is CCCN(C1CCCCC1)C1(NC(=O)Nc2cccc(C)c2)N=Cc2ccccc2N(C)C1=O. The molecule has 2 N–H and O–H groups in total. The molecule has 1 saturated carbocycles. The van der Waals surface area contributed by atoms with Gasteiger partial charge in [0.05, 0.1) is 5.69 Å². The van der Waals surface area contributed by atoms with Crippen molar-refractivity contribution in [2.24, 2.45) is 4.99 Å². The van der Waals surface area contributed by atoms with Gasteiger partial charge in [-0.05, 0) is 49.9 Å². The molecule has 0 spiro atoms. The van der Waals surface area contributed by atoms with Crippen molar-refractivity contribution in [3.63, 3.8) is 0 Å². The van der Waals surface area contributed by atoms with E-state index in [2.05, 4.69) is 22.5 Å². The van der Waals surface area contributed by atoms with Gasteiger partial charge in [0, 0.05) is 37.1 Å². The minimum atomic E-state index is -1.53. The number of likely N-dealkylation sites (N-methyl/N-ethyl adjacent to an activating group) is 1. The summed E-state index contributed by atoms with van der Waals surface area (Å²) in [5.41, 5.74) is 3.34. The Morgan fingerprint density at radius 3 is 2.65 bits per heavy atom. The number of carbonyl (C=O) groups excluding carboxylic acids is 2. The molecule has 0 saturated heterocycles. The number of rotatable bonds is 6. The predicted molar refractivity (Wildman–Crippen MR) is 137 cm³/mol. The van der Waals surface area contributed by atoms with Crippen molar-refractivity contribution in [3.05, 3.63) is 59.7 Å². The van der Waals surface area contributed by atoms with E-state index in [0.29, 0.717) is 12.2 Å². The molecule has 1 fully saturated rings. The summed E-state index contributed by atoms with van der Waals surface area (Å²) < 4.78 is 0. The molecule has 7 heteroatoms. The third-order valence-electron chi connectivity index (χ3n) is 6.75. The first-order valence-electron chi connectivity index (χ1n) is 12.3. The molecule has 34 heavy (non-hydrogen) atoms. The van der Waals surface area contributed by atoms with Gasteiger partial charge in [-0.1, -0.05) is 56.5 Å². The average molecular weight is 462 g/mol. The highest BCUT2D eigenvalue weighted by Gasteiger charge is 2.50. The Balaban J connectivity index is 1.75. The number of anilines is 2. The van der Waals surface area contributed by atoms with Crippen molar-refractivity contribution in [1.82, 2.24) is 10.2 Å². The molecule has 0 radical (unpaired) electrons. The molecule has 1 aliphatic heterocycles. The second kappa shape index (κ2) is 10.4. The lowest BCUT2D eigenvalue weighted by atomic mass is 9.92. The van der Waals surface area contributed by atoms with Gasteiger partial charge in [-0.3, -0.25) is 15.0 Å². The molecule has 2 aromatic rings. The van der Waals surface area contributed by atoms with Crippen molar-refractivity contribution < 1.29 is 9.59 Å². The van der Waals surface area contributed by atoms with Crippen molar-refractivity contribution in [2.75, 3.05) is 23.8 Å². The molecule has 2 aromatic carbocycles. The van der Waals surface area contributed by atoms with Gasteiger partial charge < -0.3 is 10.2 Å². The summed E-state index contributed by atoms with van der Waals surface area (Å²) in [7, 11) is 1.76. The number of aliphatic imine (C=N–C) groups is 1. The standard InChI is InChI=1S/C27H35N5O2/c1-4-17-32(23-14-6-5-7-15-23)27(30-26(34)29-22-13-10-11-20(2)18-22)25(33)31(3)24-16-9-8-12-21(24)19-28-27/h8-13,16,18-19,23H,4-7,14-15,17H2,1-3H3,(H2,29,30,34). The number of urea groups is 1. The van der Waals surface area contributed by atoms with Gasteiger partial charge >= 0.3 is 6.03 Å². The van der Waals surface area contributed by atoms with Crippen molar-refractivity contribution in [3.8, 4) is 0 Å². The zero-order valence-corrected chi connectivity index (χ0v) is 20.4. The Bertz CT molecular complexity index is 1060. The maximum atomic E-state index is 14.2. The maximum absolute atomic E-state index is 14.2. The van der Waals surface area contributed by atoms with Crippen LogP contribution in [0.15, 0.2) is 53.5 Å². The van der Waals surface area contributed by atoms with E-state index in [-0.39, 0.29) is 11.9 Å². The third kappa shape index (κ3) is 4.85. The molecule has 4 rings (SSSR count). The van der Waals surface area contributed by atoms with Gasteiger partial charge in [0.25, 0.3) is 11.7 Å². The molecule has 0 aromatic heterocycles. The summed E-state index contributed by atoms with van der Waals surface area (Å²) in [6.07, 6.45) is 7.99. The Morgan fingerprint density at radius 2 is 1.91 bits per heavy atom. The smallest absolute Gasteiger partial charge is 0.310 e. The van der Waals surface area contributed by atoms with Gasteiger partial charge in [-0.15, -0.1) is 0 Å². The Hall–Kier alpha value is -3.19. The van der Waals surface area contributed by atoms with Gasteiger partial charge in [0.1, 0.15) is 0 Å². The molecule has 1 aliphatic carbocycles. The topological polar surface area (TPSA) is 77.0 Å². The fraction of sp³-hybridized carbons (Fsp3) is 0.444. The average Bonchev–Trinajstić information content (AvgIpc) is 2.94. The van der Waals surface area contributed by atoms with Crippen LogP contribution in [0.25, 0.3) is 0 Å². The minimum Gasteiger partial charge on any atom is -0.310 e. The van der Waals surface area contributed by atoms with Crippen LogP contribution in [0.2, 0.25) is 0 Å². The van der Waals surface area contributed by atoms with Gasteiger partial charge in [0.2, 0.25) is 0 Å². The summed E-state index contributed by atoms with van der Waals surface area (Å²) in [6, 6.07) is 15.0. The van der Waals surface area contributed by atoms with Gasteiger partial charge in [0.15, 0.2) is 0 Å². The summed E-state index contributed by atoms with van der Waals surface area (Å²) in [4.78, 5) is 36.1. The fourth-order valence-corrected chi connectivity index (χ4v) is 5.10. The number of carbonyl (C=O) groups is 2. The highest BCUT2D eigenvalue weighted by atomic mass is 16.2. The van der Waals surface area contributed by atoms with E-state index in [1.54, 1.807) is 18.2 Å². The molecule has 180 valence electrons. The summed E-state index contributed by atoms with van der Waals surface area (Å²) in [5, 5.41) is 5.93. The number of hydrogen-bond acceptors (Lipinski definition) is 4. The molecule has 1 unspecified atom stereocenters. The number of fused-ring (bicyclic) bond motifs is 1. The maximum Gasteiger partial charge on any atom is 0.322 e. The van der Waals surface area contributed by atoms with Crippen LogP contribution in [-0.2, 0) is 4.79 Å². The highest BCUT2D eigenvalue weighted by molar-refractivity contribution is 6.08. The first-order chi connectivity index (χ1) is 16.4. The molecular formula is C27H35N5O2. The van der Waals surface area contributed by atoms with E-state index in [1.165, 1.54) is 6.42 Å². The Kier molecular flexibility index (Phi) is 7.32. The first-order valence-corrected chi connectivity index (χ1v) is 12.3. The summed E-state index contributed by atoms with van der Waals surface area (Å²) >= 11 is 0. The van der Waals surface area contributed by atoms with Crippen molar-refractivity contribution >= 4 is 29.5 Å². The van der Waals surface area contributed by atoms with Crippen molar-refractivity contribution in [2.45, 2.75) is 64.2 Å². The van der Waals surface area contributed by atoms with E-state index in [1.807, 2.05) is 55.5 Å². The normalized spacial score (nSPS) is 20.7. The number of nitrogens with zero attached hydrogens (tertiary/aromatic N) is 3. The van der Waals surface area contributed by atoms with Crippen LogP contribution in [0.1, 0.15) is 56.6 Å². The van der Waals surface area contributed by atoms with Crippen LogP contribution in [0.3, 0.4) is 0 Å². The lowest BCUT2D eigenvalue weighted by molar-refractivity contribution is -0.134. The number of hydrogen-bond donors (Lipinski definition) is 2. The molecule has 0 bridgehead atoms. The summed E-state index contributed by atoms with van der Waals surface area (Å²) in [6.45, 7) is 4.73. The molecule has 1 atom stereocenters. The fourth-order valence-electron chi connectivity index (χ4n) is 5.10. The number of aryl methyl sites for hydroxylation is 1. The van der Waals surface area contributed by atoms with Gasteiger partial charge in [-0.2, -0.15) is 0 Å². The number of benzodiazepines with no additional fused rings is 1. The van der Waals surface area contributed by atoms with E-state index < -0.39 is 11.8 Å². The second-order valence-electron chi connectivity index (χ2n) is 9.29. The minimum absolute atomic E-state index is 0.170. The Labute approximate surface area is 202 Å². The lowest BCUT2D eigenvalue weighted by Crippen LogP contribution is -2.70. The molecule has 3 amide bonds. The largest absolute Gasteiger partial charge is 0.322 e. The van der Waals surface area contributed by atoms with E-state index in [9.17, 15) is 9.59 Å². The molecular weight excluding hydrogens is 426 g/mol. The molecule has 7 nitrogen and oxygen atoms in total. The summed E-state index contributed by atoms with van der Waals surface area (Å²) in [5.74, 6) is -1.79. The van der Waals surface area contributed by atoms with Crippen LogP contribution in [0.4, 0.5) is 16.2 Å².